The number of imidazole rings is 1. The average molecular weight is 342 g/mol. The Hall–Kier alpha value is -1.42. The van der Waals surface area contributed by atoms with Crippen molar-refractivity contribution in [1.29, 1.82) is 0 Å². The van der Waals surface area contributed by atoms with Crippen molar-refractivity contribution >= 4 is 45.8 Å². The smallest absolute Gasteiger partial charge is 0.129 e. The van der Waals surface area contributed by atoms with Crippen LogP contribution in [0, 0.1) is 0 Å². The third-order valence-corrected chi connectivity index (χ3v) is 4.07. The van der Waals surface area contributed by atoms with E-state index in [1.54, 1.807) is 19.2 Å². The minimum absolute atomic E-state index is 0.249. The number of para-hydroxylation sites is 1. The molecule has 0 spiro atoms. The molecular weight excluding hydrogens is 331 g/mol. The van der Waals surface area contributed by atoms with Gasteiger partial charge in [0.1, 0.15) is 11.6 Å². The van der Waals surface area contributed by atoms with E-state index >= 15 is 0 Å². The molecule has 0 saturated carbocycles. The monoisotopic (exact) mass is 340 g/mol. The van der Waals surface area contributed by atoms with Crippen LogP contribution in [-0.2, 0) is 5.88 Å². The van der Waals surface area contributed by atoms with Gasteiger partial charge in [-0.1, -0.05) is 29.3 Å². The Morgan fingerprint density at radius 1 is 1.14 bits per heavy atom. The molecular formula is C15H11Cl3N2O. The standard InChI is InChI=1S/C15H11Cl3N2O/c1-21-9-5-6-10(17)13(7-9)20-14(8-16)19-12-4-2-3-11(18)15(12)20/h2-7H,8H2,1H3. The summed E-state index contributed by atoms with van der Waals surface area (Å²) >= 11 is 18.7. The zero-order valence-corrected chi connectivity index (χ0v) is 13.4. The summed E-state index contributed by atoms with van der Waals surface area (Å²) in [6.07, 6.45) is 0. The lowest BCUT2D eigenvalue weighted by Crippen LogP contribution is -2.01. The maximum absolute atomic E-state index is 6.34. The van der Waals surface area contributed by atoms with Gasteiger partial charge in [-0.2, -0.15) is 0 Å². The van der Waals surface area contributed by atoms with Crippen molar-refractivity contribution in [2.45, 2.75) is 5.88 Å². The van der Waals surface area contributed by atoms with Gasteiger partial charge in [-0.15, -0.1) is 11.6 Å². The lowest BCUT2D eigenvalue weighted by molar-refractivity contribution is 0.414. The predicted molar refractivity (Wildman–Crippen MR) is 87.2 cm³/mol. The van der Waals surface area contributed by atoms with E-state index in [9.17, 15) is 0 Å². The Balaban J connectivity index is 2.38. The van der Waals surface area contributed by atoms with Gasteiger partial charge < -0.3 is 4.74 Å². The van der Waals surface area contributed by atoms with E-state index < -0.39 is 0 Å². The largest absolute Gasteiger partial charge is 0.497 e. The fourth-order valence-electron chi connectivity index (χ4n) is 2.27. The Bertz CT molecular complexity index is 814. The number of nitrogens with zero attached hydrogens (tertiary/aromatic N) is 2. The Kier molecular flexibility index (Phi) is 3.98. The SMILES string of the molecule is COc1ccc(Cl)c(-n2c(CCl)nc3cccc(Cl)c32)c1. The van der Waals surface area contributed by atoms with Crippen LogP contribution >= 0.6 is 34.8 Å². The molecule has 1 aromatic heterocycles. The topological polar surface area (TPSA) is 27.1 Å². The van der Waals surface area contributed by atoms with E-state index in [-0.39, 0.29) is 5.88 Å². The van der Waals surface area contributed by atoms with Crippen LogP contribution in [0.4, 0.5) is 0 Å². The first kappa shape index (κ1) is 14.5. The van der Waals surface area contributed by atoms with Gasteiger partial charge in [0.2, 0.25) is 0 Å². The highest BCUT2D eigenvalue weighted by Crippen LogP contribution is 2.33. The molecule has 1 heterocycles. The lowest BCUT2D eigenvalue weighted by Gasteiger charge is -2.12. The molecule has 0 N–H and O–H groups in total. The zero-order chi connectivity index (χ0) is 15.0. The van der Waals surface area contributed by atoms with E-state index in [4.69, 9.17) is 39.5 Å². The third kappa shape index (κ3) is 2.46. The molecule has 3 nitrogen and oxygen atoms in total. The normalized spacial score (nSPS) is 11.0. The van der Waals surface area contributed by atoms with Gasteiger partial charge in [-0.25, -0.2) is 4.98 Å². The lowest BCUT2D eigenvalue weighted by atomic mass is 10.2. The first-order valence-electron chi connectivity index (χ1n) is 6.21. The van der Waals surface area contributed by atoms with Crippen LogP contribution in [0.2, 0.25) is 10.0 Å². The molecule has 0 atom stereocenters. The Morgan fingerprint density at radius 2 is 1.95 bits per heavy atom. The molecule has 3 rings (SSSR count). The van der Waals surface area contributed by atoms with Crippen LogP contribution in [0.5, 0.6) is 5.75 Å². The van der Waals surface area contributed by atoms with Crippen LogP contribution in [0.3, 0.4) is 0 Å². The fourth-order valence-corrected chi connectivity index (χ4v) is 2.91. The number of rotatable bonds is 3. The summed E-state index contributed by atoms with van der Waals surface area (Å²) in [7, 11) is 1.61. The number of aromatic nitrogens is 2. The number of benzene rings is 2. The minimum atomic E-state index is 0.249. The van der Waals surface area contributed by atoms with Crippen molar-refractivity contribution in [3.8, 4) is 11.4 Å². The number of hydrogen-bond acceptors (Lipinski definition) is 2. The molecule has 6 heteroatoms. The van der Waals surface area contributed by atoms with E-state index in [0.29, 0.717) is 21.6 Å². The van der Waals surface area contributed by atoms with E-state index in [0.717, 1.165) is 16.7 Å². The summed E-state index contributed by atoms with van der Waals surface area (Å²) in [6.45, 7) is 0. The highest BCUT2D eigenvalue weighted by atomic mass is 35.5. The molecule has 0 bridgehead atoms. The summed E-state index contributed by atoms with van der Waals surface area (Å²) in [5.41, 5.74) is 2.30. The summed E-state index contributed by atoms with van der Waals surface area (Å²) in [5.74, 6) is 1.62. The Morgan fingerprint density at radius 3 is 2.67 bits per heavy atom. The van der Waals surface area contributed by atoms with Gasteiger partial charge in [0.25, 0.3) is 0 Å². The summed E-state index contributed by atoms with van der Waals surface area (Å²) < 4.78 is 7.14. The van der Waals surface area contributed by atoms with Crippen LogP contribution in [-0.4, -0.2) is 16.7 Å². The second-order valence-corrected chi connectivity index (χ2v) is 5.50. The summed E-state index contributed by atoms with van der Waals surface area (Å²) in [6, 6.07) is 11.0. The molecule has 0 fully saturated rings. The molecule has 3 aromatic rings. The van der Waals surface area contributed by atoms with Gasteiger partial charge in [-0.05, 0) is 24.3 Å². The van der Waals surface area contributed by atoms with Gasteiger partial charge in [0.15, 0.2) is 0 Å². The van der Waals surface area contributed by atoms with Gasteiger partial charge in [0, 0.05) is 6.07 Å². The van der Waals surface area contributed by atoms with Gasteiger partial charge in [0.05, 0.1) is 39.8 Å². The van der Waals surface area contributed by atoms with E-state index in [2.05, 4.69) is 4.98 Å². The van der Waals surface area contributed by atoms with E-state index in [1.807, 2.05) is 28.8 Å². The molecule has 0 saturated heterocycles. The number of alkyl halides is 1. The molecule has 21 heavy (non-hydrogen) atoms. The number of halogens is 3. The first-order chi connectivity index (χ1) is 10.2. The number of fused-ring (bicyclic) bond motifs is 1. The maximum atomic E-state index is 6.34. The van der Waals surface area contributed by atoms with Gasteiger partial charge in [-0.3, -0.25) is 4.57 Å². The molecule has 0 amide bonds. The predicted octanol–water partition coefficient (Wildman–Crippen LogP) is 5.08. The second-order valence-electron chi connectivity index (χ2n) is 4.42. The Labute approximate surface area is 137 Å². The minimum Gasteiger partial charge on any atom is -0.497 e. The summed E-state index contributed by atoms with van der Waals surface area (Å²) in [5, 5.41) is 1.16. The van der Waals surface area contributed by atoms with Crippen molar-refractivity contribution in [3.05, 3.63) is 52.3 Å². The van der Waals surface area contributed by atoms with Crippen molar-refractivity contribution in [2.75, 3.05) is 7.11 Å². The first-order valence-corrected chi connectivity index (χ1v) is 7.50. The fraction of sp³-hybridized carbons (Fsp3) is 0.133. The molecule has 0 aliphatic heterocycles. The van der Waals surface area contributed by atoms with Crippen molar-refractivity contribution < 1.29 is 4.74 Å². The third-order valence-electron chi connectivity index (χ3n) is 3.21. The quantitative estimate of drug-likeness (QED) is 0.621. The highest BCUT2D eigenvalue weighted by Gasteiger charge is 2.16. The second kappa shape index (κ2) is 5.76. The van der Waals surface area contributed by atoms with Crippen molar-refractivity contribution in [3.63, 3.8) is 0 Å². The molecule has 108 valence electrons. The van der Waals surface area contributed by atoms with Crippen LogP contribution in [0.15, 0.2) is 36.4 Å². The average Bonchev–Trinajstić information content (AvgIpc) is 2.87. The molecule has 0 aliphatic carbocycles. The maximum Gasteiger partial charge on any atom is 0.129 e. The number of methoxy groups -OCH3 is 1. The van der Waals surface area contributed by atoms with Crippen molar-refractivity contribution in [2.24, 2.45) is 0 Å². The molecule has 0 radical (unpaired) electrons. The number of ether oxygens (including phenoxy) is 1. The zero-order valence-electron chi connectivity index (χ0n) is 11.1. The molecule has 0 unspecified atom stereocenters. The number of hydrogen-bond donors (Lipinski definition) is 0. The van der Waals surface area contributed by atoms with E-state index in [1.165, 1.54) is 0 Å². The summed E-state index contributed by atoms with van der Waals surface area (Å²) in [4.78, 5) is 4.51. The van der Waals surface area contributed by atoms with Crippen LogP contribution in [0.25, 0.3) is 16.7 Å². The highest BCUT2D eigenvalue weighted by molar-refractivity contribution is 6.35. The van der Waals surface area contributed by atoms with Crippen LogP contribution < -0.4 is 4.74 Å². The van der Waals surface area contributed by atoms with Gasteiger partial charge >= 0.3 is 0 Å². The molecule has 0 aliphatic rings. The molecule has 2 aromatic carbocycles. The van der Waals surface area contributed by atoms with Crippen LogP contribution in [0.1, 0.15) is 5.82 Å². The van der Waals surface area contributed by atoms with Crippen molar-refractivity contribution in [1.82, 2.24) is 9.55 Å².